The topological polar surface area (TPSA) is 34.1 Å². The molecule has 1 saturated heterocycles. The summed E-state index contributed by atoms with van der Waals surface area (Å²) in [6, 6.07) is 0.838. The van der Waals surface area contributed by atoms with Crippen molar-refractivity contribution in [3.63, 3.8) is 0 Å². The Morgan fingerprint density at radius 3 is 2.56 bits per heavy atom. The Morgan fingerprint density at radius 2 is 2.00 bits per heavy atom. The summed E-state index contributed by atoms with van der Waals surface area (Å²) in [7, 11) is 0. The Bertz CT molecular complexity index is 419. The summed E-state index contributed by atoms with van der Waals surface area (Å²) in [5.74, 6) is 0.0663. The third-order valence-electron chi connectivity index (χ3n) is 2.70. The zero-order chi connectivity index (χ0) is 13.2. The van der Waals surface area contributed by atoms with E-state index in [9.17, 15) is 13.2 Å². The Hall–Kier alpha value is -1.01. The van der Waals surface area contributed by atoms with Crippen molar-refractivity contribution in [2.75, 3.05) is 13.1 Å². The lowest BCUT2D eigenvalue weighted by Gasteiger charge is -2.23. The minimum absolute atomic E-state index is 0.0482. The van der Waals surface area contributed by atoms with E-state index in [1.165, 1.54) is 0 Å². The molecule has 1 aromatic rings. The van der Waals surface area contributed by atoms with Crippen LogP contribution >= 0.6 is 11.6 Å². The smallest absolute Gasteiger partial charge is 0.417 e. The lowest BCUT2D eigenvalue weighted by molar-refractivity contribution is -0.137. The standard InChI is InChI=1S/C11H12ClF3N2O/c12-9-5-7(11(13,14)15)6-17-10(9)18-8-1-3-16-4-2-8/h5-6,8,16H,1-4H2. The highest BCUT2D eigenvalue weighted by molar-refractivity contribution is 6.31. The summed E-state index contributed by atoms with van der Waals surface area (Å²) in [4.78, 5) is 3.64. The fourth-order valence-electron chi connectivity index (χ4n) is 1.74. The van der Waals surface area contributed by atoms with E-state index in [1.54, 1.807) is 0 Å². The van der Waals surface area contributed by atoms with E-state index in [4.69, 9.17) is 16.3 Å². The van der Waals surface area contributed by atoms with Gasteiger partial charge in [0, 0.05) is 6.20 Å². The summed E-state index contributed by atoms with van der Waals surface area (Å²) in [6.45, 7) is 1.64. The number of alkyl halides is 3. The van der Waals surface area contributed by atoms with Crippen molar-refractivity contribution >= 4 is 11.6 Å². The molecule has 7 heteroatoms. The Balaban J connectivity index is 2.09. The molecule has 1 aliphatic heterocycles. The van der Waals surface area contributed by atoms with Gasteiger partial charge in [0.2, 0.25) is 5.88 Å². The predicted octanol–water partition coefficient (Wildman–Crippen LogP) is 2.88. The molecule has 3 nitrogen and oxygen atoms in total. The van der Waals surface area contributed by atoms with Crippen molar-refractivity contribution in [3.05, 3.63) is 22.8 Å². The van der Waals surface area contributed by atoms with Crippen molar-refractivity contribution in [3.8, 4) is 5.88 Å². The first-order chi connectivity index (χ1) is 8.47. The van der Waals surface area contributed by atoms with Gasteiger partial charge in [-0.25, -0.2) is 4.98 Å². The molecule has 2 heterocycles. The van der Waals surface area contributed by atoms with Crippen molar-refractivity contribution in [1.29, 1.82) is 0 Å². The molecule has 0 saturated carbocycles. The summed E-state index contributed by atoms with van der Waals surface area (Å²) in [5.41, 5.74) is -0.870. The summed E-state index contributed by atoms with van der Waals surface area (Å²) in [6.07, 6.45) is -2.17. The fraction of sp³-hybridized carbons (Fsp3) is 0.545. The third kappa shape index (κ3) is 3.26. The molecule has 18 heavy (non-hydrogen) atoms. The molecule has 1 N–H and O–H groups in total. The normalized spacial score (nSPS) is 17.8. The second-order valence-corrected chi connectivity index (χ2v) is 4.48. The molecule has 0 atom stereocenters. The molecule has 0 amide bonds. The van der Waals surface area contributed by atoms with Gasteiger partial charge in [-0.3, -0.25) is 0 Å². The van der Waals surface area contributed by atoms with Gasteiger partial charge in [-0.15, -0.1) is 0 Å². The molecular weight excluding hydrogens is 269 g/mol. The molecule has 1 aromatic heterocycles. The van der Waals surface area contributed by atoms with Crippen LogP contribution in [0.3, 0.4) is 0 Å². The Labute approximate surface area is 107 Å². The van der Waals surface area contributed by atoms with E-state index in [0.717, 1.165) is 38.2 Å². The van der Waals surface area contributed by atoms with Crippen LogP contribution in [0.4, 0.5) is 13.2 Å². The minimum atomic E-state index is -4.44. The maximum absolute atomic E-state index is 12.4. The number of ether oxygens (including phenoxy) is 1. The van der Waals surface area contributed by atoms with Crippen molar-refractivity contribution in [2.45, 2.75) is 25.1 Å². The number of halogens is 4. The molecule has 1 aliphatic rings. The molecular formula is C11H12ClF3N2O. The number of hydrogen-bond donors (Lipinski definition) is 1. The summed E-state index contributed by atoms with van der Waals surface area (Å²) in [5, 5.41) is 3.05. The van der Waals surface area contributed by atoms with Gasteiger partial charge in [0.25, 0.3) is 0 Å². The quantitative estimate of drug-likeness (QED) is 0.904. The highest BCUT2D eigenvalue weighted by Crippen LogP contribution is 2.33. The lowest BCUT2D eigenvalue weighted by atomic mass is 10.1. The van der Waals surface area contributed by atoms with Gasteiger partial charge < -0.3 is 10.1 Å². The van der Waals surface area contributed by atoms with Gasteiger partial charge in [0.05, 0.1) is 5.56 Å². The van der Waals surface area contributed by atoms with Crippen LogP contribution in [-0.2, 0) is 6.18 Å². The lowest BCUT2D eigenvalue weighted by Crippen LogP contribution is -2.34. The van der Waals surface area contributed by atoms with E-state index in [2.05, 4.69) is 10.3 Å². The third-order valence-corrected chi connectivity index (χ3v) is 2.97. The highest BCUT2D eigenvalue weighted by Gasteiger charge is 2.32. The van der Waals surface area contributed by atoms with Crippen LogP contribution in [-0.4, -0.2) is 24.2 Å². The van der Waals surface area contributed by atoms with E-state index in [1.807, 2.05) is 0 Å². The molecule has 0 spiro atoms. The first-order valence-corrected chi connectivity index (χ1v) is 5.95. The summed E-state index contributed by atoms with van der Waals surface area (Å²) >= 11 is 5.75. The molecule has 0 unspecified atom stereocenters. The van der Waals surface area contributed by atoms with E-state index in [-0.39, 0.29) is 17.0 Å². The Morgan fingerprint density at radius 1 is 1.33 bits per heavy atom. The van der Waals surface area contributed by atoms with Crippen LogP contribution in [0.2, 0.25) is 5.02 Å². The number of aromatic nitrogens is 1. The van der Waals surface area contributed by atoms with Crippen molar-refractivity contribution < 1.29 is 17.9 Å². The molecule has 1 fully saturated rings. The van der Waals surface area contributed by atoms with Crippen molar-refractivity contribution in [2.24, 2.45) is 0 Å². The van der Waals surface area contributed by atoms with Gasteiger partial charge in [0.1, 0.15) is 11.1 Å². The Kier molecular flexibility index (Phi) is 3.97. The van der Waals surface area contributed by atoms with Crippen LogP contribution in [0.1, 0.15) is 18.4 Å². The number of nitrogens with zero attached hydrogens (tertiary/aromatic N) is 1. The van der Waals surface area contributed by atoms with Crippen molar-refractivity contribution in [1.82, 2.24) is 10.3 Å². The maximum atomic E-state index is 12.4. The van der Waals surface area contributed by atoms with Gasteiger partial charge in [0.15, 0.2) is 0 Å². The van der Waals surface area contributed by atoms with E-state index >= 15 is 0 Å². The first kappa shape index (κ1) is 13.4. The molecule has 0 aliphatic carbocycles. The number of rotatable bonds is 2. The molecule has 0 radical (unpaired) electrons. The maximum Gasteiger partial charge on any atom is 0.417 e. The monoisotopic (exact) mass is 280 g/mol. The van der Waals surface area contributed by atoms with Gasteiger partial charge in [-0.05, 0) is 32.0 Å². The largest absolute Gasteiger partial charge is 0.473 e. The van der Waals surface area contributed by atoms with E-state index < -0.39 is 11.7 Å². The zero-order valence-electron chi connectivity index (χ0n) is 9.43. The zero-order valence-corrected chi connectivity index (χ0v) is 10.2. The number of piperidine rings is 1. The van der Waals surface area contributed by atoms with Crippen LogP contribution in [0.15, 0.2) is 12.3 Å². The first-order valence-electron chi connectivity index (χ1n) is 5.57. The van der Waals surface area contributed by atoms with E-state index in [0.29, 0.717) is 0 Å². The highest BCUT2D eigenvalue weighted by atomic mass is 35.5. The van der Waals surface area contributed by atoms with Crippen LogP contribution < -0.4 is 10.1 Å². The van der Waals surface area contributed by atoms with Gasteiger partial charge in [-0.1, -0.05) is 11.6 Å². The minimum Gasteiger partial charge on any atom is -0.473 e. The van der Waals surface area contributed by atoms with Crippen LogP contribution in [0.5, 0.6) is 5.88 Å². The second kappa shape index (κ2) is 5.32. The molecule has 0 bridgehead atoms. The SMILES string of the molecule is FC(F)(F)c1cnc(OC2CCNCC2)c(Cl)c1. The van der Waals surface area contributed by atoms with Crippen LogP contribution in [0, 0.1) is 0 Å². The average molecular weight is 281 g/mol. The van der Waals surface area contributed by atoms with Gasteiger partial charge in [-0.2, -0.15) is 13.2 Å². The van der Waals surface area contributed by atoms with Gasteiger partial charge >= 0.3 is 6.18 Å². The molecule has 0 aromatic carbocycles. The fourth-order valence-corrected chi connectivity index (χ4v) is 1.95. The number of nitrogens with one attached hydrogen (secondary N) is 1. The summed E-state index contributed by atoms with van der Waals surface area (Å²) < 4.78 is 42.7. The second-order valence-electron chi connectivity index (χ2n) is 4.08. The molecule has 100 valence electrons. The molecule has 2 rings (SSSR count). The number of pyridine rings is 1. The average Bonchev–Trinajstić information content (AvgIpc) is 2.32. The predicted molar refractivity (Wildman–Crippen MR) is 60.8 cm³/mol. The number of hydrogen-bond acceptors (Lipinski definition) is 3. The van der Waals surface area contributed by atoms with Crippen LogP contribution in [0.25, 0.3) is 0 Å².